The molecule has 5 nitrogen and oxygen atoms in total. The minimum Gasteiger partial charge on any atom is -0.408 e. The van der Waals surface area contributed by atoms with Crippen molar-refractivity contribution >= 4 is 22.5 Å². The van der Waals surface area contributed by atoms with Crippen LogP contribution in [0.25, 0.3) is 11.1 Å². The maximum absolute atomic E-state index is 10.9. The van der Waals surface area contributed by atoms with Gasteiger partial charge >= 0.3 is 5.76 Å². The Morgan fingerprint density at radius 1 is 1.43 bits per heavy atom. The average Bonchev–Trinajstić information content (AvgIpc) is 2.42. The van der Waals surface area contributed by atoms with Crippen LogP contribution >= 0.6 is 0 Å². The smallest absolute Gasteiger partial charge is 0.408 e. The zero-order chi connectivity index (χ0) is 10.3. The fourth-order valence-corrected chi connectivity index (χ4v) is 1.39. The van der Waals surface area contributed by atoms with E-state index in [2.05, 4.69) is 4.98 Å². The van der Waals surface area contributed by atoms with E-state index in [-0.39, 0.29) is 0 Å². The van der Waals surface area contributed by atoms with Gasteiger partial charge in [-0.05, 0) is 6.07 Å². The molecule has 0 fully saturated rings. The minimum absolute atomic E-state index is 0.463. The van der Waals surface area contributed by atoms with Gasteiger partial charge in [0, 0.05) is 20.2 Å². The number of fused-ring (bicyclic) bond motifs is 1. The number of aromatic amines is 1. The van der Waals surface area contributed by atoms with Crippen LogP contribution in [0.2, 0.25) is 0 Å². The highest BCUT2D eigenvalue weighted by atomic mass is 16.4. The molecular formula is C9H11N3O2. The molecule has 1 aromatic heterocycles. The molecule has 5 heteroatoms. The summed E-state index contributed by atoms with van der Waals surface area (Å²) in [5, 5.41) is 0. The molecule has 0 radical (unpaired) electrons. The molecule has 0 bridgehead atoms. The molecule has 0 aliphatic heterocycles. The first-order chi connectivity index (χ1) is 6.58. The van der Waals surface area contributed by atoms with Crippen molar-refractivity contribution in [2.24, 2.45) is 0 Å². The van der Waals surface area contributed by atoms with Gasteiger partial charge < -0.3 is 15.1 Å². The van der Waals surface area contributed by atoms with Crippen LogP contribution in [-0.2, 0) is 0 Å². The third-order valence-corrected chi connectivity index (χ3v) is 2.05. The number of nitrogens with zero attached hydrogens (tertiary/aromatic N) is 1. The maximum Gasteiger partial charge on any atom is 0.417 e. The summed E-state index contributed by atoms with van der Waals surface area (Å²) >= 11 is 0. The quantitative estimate of drug-likeness (QED) is 0.656. The van der Waals surface area contributed by atoms with Gasteiger partial charge in [0.05, 0.1) is 16.9 Å². The van der Waals surface area contributed by atoms with Crippen molar-refractivity contribution in [3.63, 3.8) is 0 Å². The monoisotopic (exact) mass is 193 g/mol. The van der Waals surface area contributed by atoms with Gasteiger partial charge in [0.1, 0.15) is 0 Å². The van der Waals surface area contributed by atoms with Crippen molar-refractivity contribution in [2.45, 2.75) is 0 Å². The number of nitrogens with one attached hydrogen (secondary N) is 1. The van der Waals surface area contributed by atoms with E-state index in [1.807, 2.05) is 19.0 Å². The second-order valence-corrected chi connectivity index (χ2v) is 3.32. The largest absolute Gasteiger partial charge is 0.417 e. The van der Waals surface area contributed by atoms with Crippen LogP contribution in [0.15, 0.2) is 21.3 Å². The summed E-state index contributed by atoms with van der Waals surface area (Å²) < 4.78 is 4.87. The second-order valence-electron chi connectivity index (χ2n) is 3.32. The number of oxazole rings is 1. The van der Waals surface area contributed by atoms with E-state index in [1.54, 1.807) is 12.1 Å². The highest BCUT2D eigenvalue weighted by molar-refractivity contribution is 5.85. The SMILES string of the molecule is CN(C)c1cc2[nH]c(=O)oc2cc1N. The fraction of sp³-hybridized carbons (Fsp3) is 0.222. The highest BCUT2D eigenvalue weighted by Crippen LogP contribution is 2.25. The van der Waals surface area contributed by atoms with E-state index in [4.69, 9.17) is 10.2 Å². The molecule has 0 amide bonds. The first-order valence-electron chi connectivity index (χ1n) is 4.17. The summed E-state index contributed by atoms with van der Waals surface area (Å²) in [6.07, 6.45) is 0. The number of nitrogen functional groups attached to an aromatic ring is 1. The number of nitrogens with two attached hydrogens (primary N) is 1. The number of rotatable bonds is 1. The normalized spacial score (nSPS) is 10.7. The third-order valence-electron chi connectivity index (χ3n) is 2.05. The number of benzene rings is 1. The van der Waals surface area contributed by atoms with Crippen molar-refractivity contribution in [3.8, 4) is 0 Å². The number of hydrogen-bond acceptors (Lipinski definition) is 4. The van der Waals surface area contributed by atoms with E-state index in [0.29, 0.717) is 16.8 Å². The van der Waals surface area contributed by atoms with Gasteiger partial charge in [0.25, 0.3) is 0 Å². The Balaban J connectivity index is 2.76. The van der Waals surface area contributed by atoms with Gasteiger partial charge in [-0.15, -0.1) is 0 Å². The van der Waals surface area contributed by atoms with Crippen molar-refractivity contribution in [1.82, 2.24) is 4.98 Å². The van der Waals surface area contributed by atoms with Gasteiger partial charge in [0.15, 0.2) is 5.58 Å². The lowest BCUT2D eigenvalue weighted by molar-refractivity contribution is 0.555. The Labute approximate surface area is 80.1 Å². The molecule has 0 unspecified atom stereocenters. The Bertz CT molecular complexity index is 524. The number of H-pyrrole nitrogens is 1. The van der Waals surface area contributed by atoms with E-state index >= 15 is 0 Å². The molecule has 2 aromatic rings. The predicted molar refractivity (Wildman–Crippen MR) is 55.6 cm³/mol. The lowest BCUT2D eigenvalue weighted by Gasteiger charge is -2.14. The third kappa shape index (κ3) is 1.22. The summed E-state index contributed by atoms with van der Waals surface area (Å²) in [6.45, 7) is 0. The zero-order valence-electron chi connectivity index (χ0n) is 8.00. The van der Waals surface area contributed by atoms with Crippen LogP contribution in [0.5, 0.6) is 0 Å². The molecule has 2 rings (SSSR count). The standard InChI is InChI=1S/C9H11N3O2/c1-12(2)7-4-6-8(3-5(7)10)14-9(13)11-6/h3-4H,10H2,1-2H3,(H,11,13). The second kappa shape index (κ2) is 2.80. The Kier molecular flexibility index (Phi) is 1.73. The molecule has 74 valence electrons. The molecule has 0 aliphatic rings. The zero-order valence-corrected chi connectivity index (χ0v) is 8.00. The number of hydrogen-bond donors (Lipinski definition) is 2. The van der Waals surface area contributed by atoms with Gasteiger partial charge in [-0.2, -0.15) is 0 Å². The lowest BCUT2D eigenvalue weighted by Crippen LogP contribution is -2.10. The Hall–Kier alpha value is -1.91. The topological polar surface area (TPSA) is 75.3 Å². The summed E-state index contributed by atoms with van der Waals surface area (Å²) in [5.41, 5.74) is 8.37. The number of aromatic nitrogens is 1. The molecule has 0 aliphatic carbocycles. The van der Waals surface area contributed by atoms with Gasteiger partial charge in [-0.1, -0.05) is 0 Å². The Morgan fingerprint density at radius 3 is 2.79 bits per heavy atom. The van der Waals surface area contributed by atoms with E-state index < -0.39 is 5.76 Å². The van der Waals surface area contributed by atoms with E-state index in [1.165, 1.54) is 0 Å². The van der Waals surface area contributed by atoms with E-state index in [9.17, 15) is 4.79 Å². The van der Waals surface area contributed by atoms with Crippen LogP contribution in [0.4, 0.5) is 11.4 Å². The minimum atomic E-state index is -0.463. The molecule has 0 saturated carbocycles. The van der Waals surface area contributed by atoms with Crippen LogP contribution in [0, 0.1) is 0 Å². The van der Waals surface area contributed by atoms with Crippen LogP contribution in [-0.4, -0.2) is 19.1 Å². The van der Waals surface area contributed by atoms with Gasteiger partial charge in [-0.25, -0.2) is 4.79 Å². The fourth-order valence-electron chi connectivity index (χ4n) is 1.39. The number of anilines is 2. The van der Waals surface area contributed by atoms with Crippen molar-refractivity contribution in [3.05, 3.63) is 22.7 Å². The van der Waals surface area contributed by atoms with Crippen molar-refractivity contribution in [2.75, 3.05) is 24.7 Å². The molecule has 1 aromatic carbocycles. The summed E-state index contributed by atoms with van der Waals surface area (Å²) in [7, 11) is 3.77. The van der Waals surface area contributed by atoms with Crippen molar-refractivity contribution in [1.29, 1.82) is 0 Å². The van der Waals surface area contributed by atoms with E-state index in [0.717, 1.165) is 5.69 Å². The molecule has 0 spiro atoms. The highest BCUT2D eigenvalue weighted by Gasteiger charge is 2.07. The summed E-state index contributed by atoms with van der Waals surface area (Å²) in [4.78, 5) is 15.4. The average molecular weight is 193 g/mol. The summed E-state index contributed by atoms with van der Waals surface area (Å²) in [6, 6.07) is 3.43. The van der Waals surface area contributed by atoms with Crippen LogP contribution in [0.3, 0.4) is 0 Å². The maximum atomic E-state index is 10.9. The first kappa shape index (κ1) is 8.68. The molecule has 0 atom stereocenters. The molecule has 3 N–H and O–H groups in total. The first-order valence-corrected chi connectivity index (χ1v) is 4.17. The lowest BCUT2D eigenvalue weighted by atomic mass is 10.2. The summed E-state index contributed by atoms with van der Waals surface area (Å²) in [5.74, 6) is -0.463. The molecule has 0 saturated heterocycles. The molecule has 14 heavy (non-hydrogen) atoms. The van der Waals surface area contributed by atoms with Gasteiger partial charge in [-0.3, -0.25) is 4.98 Å². The van der Waals surface area contributed by atoms with Gasteiger partial charge in [0.2, 0.25) is 0 Å². The van der Waals surface area contributed by atoms with Crippen molar-refractivity contribution < 1.29 is 4.42 Å². The predicted octanol–water partition coefficient (Wildman–Crippen LogP) is 0.769. The Morgan fingerprint density at radius 2 is 2.14 bits per heavy atom. The van der Waals surface area contributed by atoms with Crippen LogP contribution < -0.4 is 16.4 Å². The molecular weight excluding hydrogens is 182 g/mol. The molecule has 1 heterocycles. The van der Waals surface area contributed by atoms with Crippen LogP contribution in [0.1, 0.15) is 0 Å².